The number of hydrogen-bond acceptors (Lipinski definition) is 2. The van der Waals surface area contributed by atoms with Gasteiger partial charge in [-0.1, -0.05) is 61.5 Å². The summed E-state index contributed by atoms with van der Waals surface area (Å²) in [4.78, 5) is 3.81. The molecule has 0 saturated carbocycles. The monoisotopic (exact) mass is 594 g/mol. The van der Waals surface area contributed by atoms with E-state index in [4.69, 9.17) is 0 Å². The van der Waals surface area contributed by atoms with Crippen LogP contribution in [0.15, 0.2) is 88.0 Å². The van der Waals surface area contributed by atoms with Gasteiger partial charge in [-0.2, -0.15) is 4.57 Å². The van der Waals surface area contributed by atoms with Crippen molar-refractivity contribution in [2.75, 3.05) is 11.4 Å². The number of hydrogen-bond donors (Lipinski definition) is 0. The predicted molar refractivity (Wildman–Crippen MR) is 147 cm³/mol. The third-order valence-electron chi connectivity index (χ3n) is 6.89. The first kappa shape index (κ1) is 26.0. The first-order valence-corrected chi connectivity index (χ1v) is 13.3. The van der Waals surface area contributed by atoms with Crippen LogP contribution in [0.1, 0.15) is 51.8 Å². The summed E-state index contributed by atoms with van der Waals surface area (Å²) in [6.45, 7) is 13.4. The van der Waals surface area contributed by atoms with Crippen LogP contribution in [0, 0.1) is 12.3 Å². The van der Waals surface area contributed by atoms with Crippen molar-refractivity contribution in [3.8, 4) is 0 Å². The first-order valence-electron chi connectivity index (χ1n) is 12.5. The van der Waals surface area contributed by atoms with Gasteiger partial charge in [0.1, 0.15) is 6.54 Å². The van der Waals surface area contributed by atoms with Crippen molar-refractivity contribution in [3.63, 3.8) is 0 Å². The molecule has 0 unspecified atom stereocenters. The minimum absolute atomic E-state index is 0. The lowest BCUT2D eigenvalue weighted by Gasteiger charge is -2.31. The van der Waals surface area contributed by atoms with Crippen molar-refractivity contribution < 1.29 is 28.5 Å². The molecule has 1 aliphatic carbocycles. The summed E-state index contributed by atoms with van der Waals surface area (Å²) >= 11 is 1.90. The van der Waals surface area contributed by atoms with Crippen molar-refractivity contribution in [1.29, 1.82) is 0 Å². The molecular weight excluding hydrogens is 559 g/mol. The van der Waals surface area contributed by atoms with Gasteiger partial charge < -0.3 is 28.9 Å². The number of fused-ring (bicyclic) bond motifs is 2. The SMILES string of the molecule is CCN1C(=CC2=CC(=Cc3c4cc(C)ccc4cc[n+]3CC)CC(C)(C)C2)Sc2ccccc21.[I-]. The van der Waals surface area contributed by atoms with Gasteiger partial charge in [-0.15, -0.1) is 0 Å². The second-order valence-corrected chi connectivity index (χ2v) is 11.4. The van der Waals surface area contributed by atoms with E-state index in [9.17, 15) is 0 Å². The molecule has 0 saturated heterocycles. The zero-order valence-electron chi connectivity index (χ0n) is 21.4. The smallest absolute Gasteiger partial charge is 0.213 e. The predicted octanol–water partition coefficient (Wildman–Crippen LogP) is 5.06. The fourth-order valence-electron chi connectivity index (χ4n) is 5.39. The maximum absolute atomic E-state index is 2.45. The summed E-state index contributed by atoms with van der Waals surface area (Å²) < 4.78 is 2.38. The number of nitrogens with zero attached hydrogens (tertiary/aromatic N) is 2. The molecule has 0 bridgehead atoms. The fraction of sp³-hybridized carbons (Fsp3) is 0.323. The molecule has 1 aromatic heterocycles. The van der Waals surface area contributed by atoms with Crippen LogP contribution in [0.4, 0.5) is 5.69 Å². The van der Waals surface area contributed by atoms with Gasteiger partial charge in [-0.05, 0) is 79.8 Å². The Kier molecular flexibility index (Phi) is 7.82. The molecule has 182 valence electrons. The van der Waals surface area contributed by atoms with Crippen LogP contribution in [0.5, 0.6) is 0 Å². The molecule has 0 amide bonds. The molecule has 2 aliphatic rings. The van der Waals surface area contributed by atoms with Gasteiger partial charge in [0.05, 0.1) is 16.1 Å². The van der Waals surface area contributed by atoms with Crippen molar-refractivity contribution >= 4 is 34.3 Å². The van der Waals surface area contributed by atoms with Gasteiger partial charge in [-0.3, -0.25) is 0 Å². The molecule has 2 nitrogen and oxygen atoms in total. The highest BCUT2D eigenvalue weighted by molar-refractivity contribution is 8.03. The van der Waals surface area contributed by atoms with Crippen molar-refractivity contribution in [2.24, 2.45) is 5.41 Å². The summed E-state index contributed by atoms with van der Waals surface area (Å²) in [5, 5.41) is 3.99. The van der Waals surface area contributed by atoms with E-state index in [1.165, 1.54) is 48.8 Å². The third-order valence-corrected chi connectivity index (χ3v) is 8.00. The molecule has 2 heterocycles. The Bertz CT molecular complexity index is 1350. The maximum atomic E-state index is 2.45. The van der Waals surface area contributed by atoms with Gasteiger partial charge >= 0.3 is 0 Å². The molecule has 3 aromatic rings. The normalized spacial score (nSPS) is 19.1. The number of thioether (sulfide) groups is 1. The molecule has 1 aliphatic heterocycles. The second kappa shape index (κ2) is 10.5. The van der Waals surface area contributed by atoms with Crippen molar-refractivity contribution in [2.45, 2.75) is 58.9 Å². The average molecular weight is 595 g/mol. The van der Waals surface area contributed by atoms with E-state index < -0.39 is 0 Å². The van der Waals surface area contributed by atoms with Crippen molar-refractivity contribution in [1.82, 2.24) is 0 Å². The van der Waals surface area contributed by atoms with Crippen LogP contribution in [0.2, 0.25) is 0 Å². The number of rotatable bonds is 4. The Labute approximate surface area is 231 Å². The number of aryl methyl sites for hydroxylation is 2. The molecule has 2 aromatic carbocycles. The number of anilines is 1. The highest BCUT2D eigenvalue weighted by Crippen LogP contribution is 2.47. The van der Waals surface area contributed by atoms with Crippen LogP contribution in [0.25, 0.3) is 16.8 Å². The molecule has 35 heavy (non-hydrogen) atoms. The molecule has 0 N–H and O–H groups in total. The molecule has 4 heteroatoms. The van der Waals surface area contributed by atoms with E-state index in [1.807, 2.05) is 11.8 Å². The lowest BCUT2D eigenvalue weighted by atomic mass is 9.75. The highest BCUT2D eigenvalue weighted by atomic mass is 127. The molecule has 0 spiro atoms. The van der Waals surface area contributed by atoms with Crippen LogP contribution in [0.3, 0.4) is 0 Å². The van der Waals surface area contributed by atoms with Crippen LogP contribution in [-0.2, 0) is 6.54 Å². The lowest BCUT2D eigenvalue weighted by Crippen LogP contribution is -3.00. The summed E-state index contributed by atoms with van der Waals surface area (Å²) in [5.74, 6) is 0. The Hall–Kier alpha value is -2.05. The van der Waals surface area contributed by atoms with Gasteiger partial charge in [0, 0.05) is 23.6 Å². The molecule has 0 atom stereocenters. The fourth-order valence-corrected chi connectivity index (χ4v) is 6.60. The Morgan fingerprint density at radius 3 is 2.60 bits per heavy atom. The Balaban J connectivity index is 0.00000289. The van der Waals surface area contributed by atoms with Crippen LogP contribution >= 0.6 is 11.8 Å². The van der Waals surface area contributed by atoms with E-state index in [2.05, 4.69) is 117 Å². The molecule has 0 fully saturated rings. The van der Waals surface area contributed by atoms with Gasteiger partial charge in [-0.25, -0.2) is 0 Å². The number of aromatic nitrogens is 1. The summed E-state index contributed by atoms with van der Waals surface area (Å²) in [5.41, 5.74) is 7.04. The first-order chi connectivity index (χ1) is 16.4. The van der Waals surface area contributed by atoms with E-state index in [1.54, 1.807) is 0 Å². The Morgan fingerprint density at radius 1 is 1.03 bits per heavy atom. The van der Waals surface area contributed by atoms with E-state index in [0.29, 0.717) is 0 Å². The molecule has 5 rings (SSSR count). The number of para-hydroxylation sites is 1. The molecule has 0 radical (unpaired) electrons. The minimum atomic E-state index is 0. The highest BCUT2D eigenvalue weighted by Gasteiger charge is 2.28. The number of pyridine rings is 1. The van der Waals surface area contributed by atoms with E-state index >= 15 is 0 Å². The van der Waals surface area contributed by atoms with Gasteiger partial charge in [0.2, 0.25) is 5.69 Å². The summed E-state index contributed by atoms with van der Waals surface area (Å²) in [7, 11) is 0. The van der Waals surface area contributed by atoms with E-state index in [0.717, 1.165) is 25.9 Å². The summed E-state index contributed by atoms with van der Waals surface area (Å²) in [6.07, 6.45) is 11.8. The Morgan fingerprint density at radius 2 is 1.83 bits per heavy atom. The average Bonchev–Trinajstić information content (AvgIpc) is 3.15. The van der Waals surface area contributed by atoms with Crippen molar-refractivity contribution in [3.05, 3.63) is 94.3 Å². The quantitative estimate of drug-likeness (QED) is 0.308. The minimum Gasteiger partial charge on any atom is -1.00 e. The largest absolute Gasteiger partial charge is 1.00 e. The van der Waals surface area contributed by atoms with Crippen LogP contribution in [-0.4, -0.2) is 6.54 Å². The van der Waals surface area contributed by atoms with Crippen LogP contribution < -0.4 is 33.4 Å². The zero-order valence-corrected chi connectivity index (χ0v) is 24.4. The topological polar surface area (TPSA) is 7.12 Å². The summed E-state index contributed by atoms with van der Waals surface area (Å²) in [6, 6.07) is 17.8. The van der Waals surface area contributed by atoms with Gasteiger partial charge in [0.25, 0.3) is 0 Å². The molecular formula is C31H35IN2S. The van der Waals surface area contributed by atoms with Gasteiger partial charge in [0.15, 0.2) is 6.20 Å². The standard InChI is InChI=1S/C31H35N2S.HI/c1-6-32-15-14-25-13-12-22(3)16-26(25)28(32)18-23-17-24(21-31(4,5)20-23)19-30-33(7-2)27-10-8-9-11-29(27)34-30;/h8-19H,6-7,20-21H2,1-5H3;1H/q+1;/p-1. The van der Waals surface area contributed by atoms with E-state index in [-0.39, 0.29) is 29.4 Å². The maximum Gasteiger partial charge on any atom is 0.213 e. The second-order valence-electron chi connectivity index (χ2n) is 10.3. The zero-order chi connectivity index (χ0) is 23.9. The number of benzene rings is 2. The lowest BCUT2D eigenvalue weighted by molar-refractivity contribution is -0.693. The number of allylic oxidation sites excluding steroid dienone is 4. The number of halogens is 1. The third kappa shape index (κ3) is 5.39.